The van der Waals surface area contributed by atoms with Crippen LogP contribution in [0.2, 0.25) is 0 Å². The second-order valence-corrected chi connectivity index (χ2v) is 5.64. The minimum atomic E-state index is -4.39. The molecule has 0 saturated heterocycles. The molecular weight excluding hydrogens is 289 g/mol. The monoisotopic (exact) mass is 308 g/mol. The van der Waals surface area contributed by atoms with E-state index < -0.39 is 11.7 Å². The van der Waals surface area contributed by atoms with Gasteiger partial charge in [-0.1, -0.05) is 13.8 Å². The third-order valence-corrected chi connectivity index (χ3v) is 3.75. The van der Waals surface area contributed by atoms with Gasteiger partial charge in [-0.15, -0.1) is 11.8 Å². The number of halogens is 3. The summed E-state index contributed by atoms with van der Waals surface area (Å²) in [4.78, 5) is 4.16. The van der Waals surface area contributed by atoms with Crippen LogP contribution < -0.4 is 5.32 Å². The number of nitrogens with zero attached hydrogens (tertiary/aromatic N) is 1. The molecule has 0 amide bonds. The Morgan fingerprint density at radius 3 is 2.65 bits per heavy atom. The fourth-order valence-electron chi connectivity index (χ4n) is 1.37. The molecule has 0 aliphatic heterocycles. The van der Waals surface area contributed by atoms with Crippen LogP contribution in [0.15, 0.2) is 17.2 Å². The highest BCUT2D eigenvalue weighted by Crippen LogP contribution is 2.33. The zero-order valence-corrected chi connectivity index (χ0v) is 12.3. The Hall–Kier alpha value is -0.950. The van der Waals surface area contributed by atoms with Crippen molar-refractivity contribution in [3.8, 4) is 0 Å². The number of nitrogens with one attached hydrogen (secondary N) is 1. The van der Waals surface area contributed by atoms with E-state index in [1.165, 1.54) is 11.8 Å². The predicted molar refractivity (Wildman–Crippen MR) is 75.0 cm³/mol. The average molecular weight is 308 g/mol. The molecule has 0 aliphatic rings. The van der Waals surface area contributed by atoms with E-state index in [1.54, 1.807) is 0 Å². The van der Waals surface area contributed by atoms with Crippen molar-refractivity contribution in [2.45, 2.75) is 31.5 Å². The molecule has 1 unspecified atom stereocenters. The number of alkyl halides is 3. The SMILES string of the molecule is CCCNc1cc(C(F)(F)F)cc(SCC(C)CO)n1. The third kappa shape index (κ3) is 5.58. The second kappa shape index (κ2) is 7.73. The lowest BCUT2D eigenvalue weighted by Gasteiger charge is -2.13. The van der Waals surface area contributed by atoms with E-state index in [1.807, 2.05) is 13.8 Å². The van der Waals surface area contributed by atoms with Gasteiger partial charge >= 0.3 is 6.18 Å². The van der Waals surface area contributed by atoms with Crippen LogP contribution in [0.4, 0.5) is 19.0 Å². The van der Waals surface area contributed by atoms with Crippen molar-refractivity contribution in [2.75, 3.05) is 24.2 Å². The number of hydrogen-bond acceptors (Lipinski definition) is 4. The first-order valence-electron chi connectivity index (χ1n) is 6.43. The van der Waals surface area contributed by atoms with Gasteiger partial charge in [0.15, 0.2) is 0 Å². The fraction of sp³-hybridized carbons (Fsp3) is 0.615. The standard InChI is InChI=1S/C13H19F3N2OS/c1-3-4-17-11-5-10(13(14,15)16)6-12(18-11)20-8-9(2)7-19/h5-6,9,19H,3-4,7-8H2,1-2H3,(H,17,18). The smallest absolute Gasteiger partial charge is 0.396 e. The molecule has 0 spiro atoms. The van der Waals surface area contributed by atoms with Crippen molar-refractivity contribution >= 4 is 17.6 Å². The van der Waals surface area contributed by atoms with Crippen molar-refractivity contribution in [1.82, 2.24) is 4.98 Å². The molecular formula is C13H19F3N2OS. The summed E-state index contributed by atoms with van der Waals surface area (Å²) in [6, 6.07) is 2.07. The quantitative estimate of drug-likeness (QED) is 0.755. The predicted octanol–water partition coefficient (Wildman–Crippen LogP) is 3.64. The van der Waals surface area contributed by atoms with Crippen LogP contribution >= 0.6 is 11.8 Å². The van der Waals surface area contributed by atoms with Gasteiger partial charge in [0.05, 0.1) is 10.6 Å². The van der Waals surface area contributed by atoms with Crippen LogP contribution in [0, 0.1) is 5.92 Å². The molecule has 0 bridgehead atoms. The minimum absolute atomic E-state index is 0.00685. The molecule has 0 aliphatic carbocycles. The van der Waals surface area contributed by atoms with Crippen LogP contribution in [-0.2, 0) is 6.18 Å². The van der Waals surface area contributed by atoms with Gasteiger partial charge in [0.2, 0.25) is 0 Å². The highest BCUT2D eigenvalue weighted by atomic mass is 32.2. The van der Waals surface area contributed by atoms with E-state index >= 15 is 0 Å². The molecule has 0 saturated carbocycles. The lowest BCUT2D eigenvalue weighted by Crippen LogP contribution is -2.10. The summed E-state index contributed by atoms with van der Waals surface area (Å²) < 4.78 is 38.5. The maximum atomic E-state index is 12.8. The number of anilines is 1. The van der Waals surface area contributed by atoms with Gasteiger partial charge in [-0.3, -0.25) is 0 Å². The van der Waals surface area contributed by atoms with E-state index in [9.17, 15) is 13.2 Å². The van der Waals surface area contributed by atoms with Crippen molar-refractivity contribution in [2.24, 2.45) is 5.92 Å². The highest BCUT2D eigenvalue weighted by molar-refractivity contribution is 7.99. The average Bonchev–Trinajstić information content (AvgIpc) is 2.41. The zero-order chi connectivity index (χ0) is 15.2. The van der Waals surface area contributed by atoms with E-state index in [0.29, 0.717) is 17.3 Å². The fourth-order valence-corrected chi connectivity index (χ4v) is 2.30. The number of pyridine rings is 1. The van der Waals surface area contributed by atoms with Crippen molar-refractivity contribution in [1.29, 1.82) is 0 Å². The molecule has 1 aromatic rings. The number of aliphatic hydroxyl groups is 1. The van der Waals surface area contributed by atoms with Crippen LogP contribution in [-0.4, -0.2) is 29.0 Å². The second-order valence-electron chi connectivity index (χ2n) is 4.60. The zero-order valence-electron chi connectivity index (χ0n) is 11.5. The Kier molecular flexibility index (Phi) is 6.61. The van der Waals surface area contributed by atoms with E-state index in [-0.39, 0.29) is 18.3 Å². The highest BCUT2D eigenvalue weighted by Gasteiger charge is 2.31. The number of hydrogen-bond donors (Lipinski definition) is 2. The lowest BCUT2D eigenvalue weighted by molar-refractivity contribution is -0.137. The van der Waals surface area contributed by atoms with Crippen LogP contribution in [0.1, 0.15) is 25.8 Å². The maximum Gasteiger partial charge on any atom is 0.416 e. The lowest BCUT2D eigenvalue weighted by atomic mass is 10.2. The van der Waals surface area contributed by atoms with Gasteiger partial charge in [0.1, 0.15) is 5.82 Å². The Bertz CT molecular complexity index is 427. The van der Waals surface area contributed by atoms with E-state index in [4.69, 9.17) is 5.11 Å². The molecule has 1 rings (SSSR count). The molecule has 1 heterocycles. The number of aromatic nitrogens is 1. The summed E-state index contributed by atoms with van der Waals surface area (Å²) in [6.45, 7) is 4.34. The molecule has 2 N–H and O–H groups in total. The van der Waals surface area contributed by atoms with Crippen molar-refractivity contribution in [3.63, 3.8) is 0 Å². The first-order valence-corrected chi connectivity index (χ1v) is 7.42. The Morgan fingerprint density at radius 1 is 1.40 bits per heavy atom. The van der Waals surface area contributed by atoms with Gasteiger partial charge in [0.25, 0.3) is 0 Å². The molecule has 20 heavy (non-hydrogen) atoms. The van der Waals surface area contributed by atoms with Gasteiger partial charge in [0, 0.05) is 18.9 Å². The van der Waals surface area contributed by atoms with Gasteiger partial charge in [-0.05, 0) is 24.5 Å². The molecule has 0 radical (unpaired) electrons. The number of rotatable bonds is 7. The summed E-state index contributed by atoms with van der Waals surface area (Å²) in [5, 5.41) is 12.1. The molecule has 1 atom stereocenters. The summed E-state index contributed by atoms with van der Waals surface area (Å²) >= 11 is 1.22. The van der Waals surface area contributed by atoms with Crippen LogP contribution in [0.25, 0.3) is 0 Å². The van der Waals surface area contributed by atoms with Crippen LogP contribution in [0.5, 0.6) is 0 Å². The maximum absolute atomic E-state index is 12.8. The number of aliphatic hydroxyl groups excluding tert-OH is 1. The molecule has 114 valence electrons. The molecule has 7 heteroatoms. The van der Waals surface area contributed by atoms with E-state index in [0.717, 1.165) is 18.6 Å². The Morgan fingerprint density at radius 2 is 2.10 bits per heavy atom. The first-order chi connectivity index (χ1) is 9.36. The normalized spacial score (nSPS) is 13.3. The minimum Gasteiger partial charge on any atom is -0.396 e. The molecule has 0 aromatic carbocycles. The van der Waals surface area contributed by atoms with Crippen molar-refractivity contribution < 1.29 is 18.3 Å². The molecule has 0 fully saturated rings. The third-order valence-electron chi connectivity index (χ3n) is 2.51. The van der Waals surface area contributed by atoms with Gasteiger partial charge in [-0.25, -0.2) is 4.98 Å². The van der Waals surface area contributed by atoms with E-state index in [2.05, 4.69) is 10.3 Å². The topological polar surface area (TPSA) is 45.1 Å². The number of thioether (sulfide) groups is 1. The first kappa shape index (κ1) is 17.1. The Balaban J connectivity index is 2.91. The molecule has 3 nitrogen and oxygen atoms in total. The van der Waals surface area contributed by atoms with Gasteiger partial charge in [-0.2, -0.15) is 13.2 Å². The van der Waals surface area contributed by atoms with Gasteiger partial charge < -0.3 is 10.4 Å². The molecule has 1 aromatic heterocycles. The van der Waals surface area contributed by atoms with Crippen molar-refractivity contribution in [3.05, 3.63) is 17.7 Å². The van der Waals surface area contributed by atoms with Crippen LogP contribution in [0.3, 0.4) is 0 Å². The largest absolute Gasteiger partial charge is 0.416 e. The summed E-state index contributed by atoms with van der Waals surface area (Å²) in [6.07, 6.45) is -3.58. The summed E-state index contributed by atoms with van der Waals surface area (Å²) in [5.41, 5.74) is -0.703. The summed E-state index contributed by atoms with van der Waals surface area (Å²) in [5.74, 6) is 0.780. The Labute approximate surface area is 121 Å². The summed E-state index contributed by atoms with van der Waals surface area (Å²) in [7, 11) is 0.